The molecule has 0 radical (unpaired) electrons. The van der Waals surface area contributed by atoms with Crippen molar-refractivity contribution in [3.63, 3.8) is 0 Å². The summed E-state index contributed by atoms with van der Waals surface area (Å²) in [4.78, 5) is 3.96. The predicted octanol–water partition coefficient (Wildman–Crippen LogP) is 1.68. The van der Waals surface area contributed by atoms with Crippen molar-refractivity contribution in [2.45, 2.75) is 18.4 Å². The van der Waals surface area contributed by atoms with Gasteiger partial charge in [0.25, 0.3) is 10.0 Å². The summed E-state index contributed by atoms with van der Waals surface area (Å²) < 4.78 is 27.0. The second-order valence-corrected chi connectivity index (χ2v) is 5.71. The van der Waals surface area contributed by atoms with E-state index in [0.717, 1.165) is 5.56 Å². The van der Waals surface area contributed by atoms with Gasteiger partial charge in [-0.25, -0.2) is 8.42 Å². The third-order valence-corrected chi connectivity index (χ3v) is 4.18. The third-order valence-electron chi connectivity index (χ3n) is 2.72. The van der Waals surface area contributed by atoms with Crippen LogP contribution in [-0.4, -0.2) is 18.5 Å². The first-order chi connectivity index (χ1) is 9.04. The van der Waals surface area contributed by atoms with Gasteiger partial charge in [-0.3, -0.25) is 9.71 Å². The Hall–Kier alpha value is -1.92. The number of benzene rings is 1. The van der Waals surface area contributed by atoms with Crippen LogP contribution in [0, 0.1) is 6.92 Å². The minimum absolute atomic E-state index is 0.0701. The van der Waals surface area contributed by atoms with Crippen molar-refractivity contribution in [2.24, 2.45) is 0 Å². The lowest BCUT2D eigenvalue weighted by Gasteiger charge is -2.12. The summed E-state index contributed by atoms with van der Waals surface area (Å²) >= 11 is 0. The molecule has 6 heteroatoms. The van der Waals surface area contributed by atoms with E-state index in [9.17, 15) is 13.5 Å². The van der Waals surface area contributed by atoms with Crippen LogP contribution in [0.1, 0.15) is 11.1 Å². The maximum absolute atomic E-state index is 12.3. The fourth-order valence-corrected chi connectivity index (χ4v) is 3.02. The van der Waals surface area contributed by atoms with Gasteiger partial charge in [-0.15, -0.1) is 0 Å². The van der Waals surface area contributed by atoms with Crippen molar-refractivity contribution in [1.82, 2.24) is 4.98 Å². The number of hydrogen-bond donors (Lipinski definition) is 2. The van der Waals surface area contributed by atoms with E-state index in [1.165, 1.54) is 12.3 Å². The number of aryl methyl sites for hydroxylation is 1. The highest BCUT2D eigenvalue weighted by Crippen LogP contribution is 2.21. The summed E-state index contributed by atoms with van der Waals surface area (Å²) in [6.45, 7) is 1.46. The lowest BCUT2D eigenvalue weighted by molar-refractivity contribution is 0.278. The maximum Gasteiger partial charge on any atom is 0.262 e. The quantitative estimate of drug-likeness (QED) is 0.892. The molecule has 0 atom stereocenters. The standard InChI is InChI=1S/C13H14N2O3S/c1-10-6-7-14-8-12(10)15-19(17,18)13-5-3-2-4-11(13)9-16/h2-8,15-16H,9H2,1H3. The van der Waals surface area contributed by atoms with E-state index in [4.69, 9.17) is 0 Å². The molecule has 0 saturated carbocycles. The molecular weight excluding hydrogens is 264 g/mol. The zero-order valence-electron chi connectivity index (χ0n) is 10.4. The Labute approximate surface area is 112 Å². The normalized spacial score (nSPS) is 11.3. The molecule has 1 heterocycles. The summed E-state index contributed by atoms with van der Waals surface area (Å²) in [5.41, 5.74) is 1.56. The Kier molecular flexibility index (Phi) is 3.82. The van der Waals surface area contributed by atoms with Crippen LogP contribution in [-0.2, 0) is 16.6 Å². The van der Waals surface area contributed by atoms with Crippen LogP contribution < -0.4 is 4.72 Å². The molecule has 0 spiro atoms. The van der Waals surface area contributed by atoms with Gasteiger partial charge in [-0.05, 0) is 30.2 Å². The van der Waals surface area contributed by atoms with Crippen LogP contribution in [0.4, 0.5) is 5.69 Å². The predicted molar refractivity (Wildman–Crippen MR) is 72.1 cm³/mol. The molecule has 1 aromatic carbocycles. The zero-order valence-corrected chi connectivity index (χ0v) is 11.2. The SMILES string of the molecule is Cc1ccncc1NS(=O)(=O)c1ccccc1CO. The Morgan fingerprint density at radius 1 is 1.26 bits per heavy atom. The van der Waals surface area contributed by atoms with Gasteiger partial charge in [0.1, 0.15) is 0 Å². The average molecular weight is 278 g/mol. The van der Waals surface area contributed by atoms with Crippen molar-refractivity contribution >= 4 is 15.7 Å². The minimum atomic E-state index is -3.73. The summed E-state index contributed by atoms with van der Waals surface area (Å²) in [7, 11) is -3.73. The first kappa shape index (κ1) is 13.5. The minimum Gasteiger partial charge on any atom is -0.392 e. The molecule has 0 fully saturated rings. The van der Waals surface area contributed by atoms with Gasteiger partial charge in [-0.2, -0.15) is 0 Å². The van der Waals surface area contributed by atoms with E-state index >= 15 is 0 Å². The number of pyridine rings is 1. The fourth-order valence-electron chi connectivity index (χ4n) is 1.67. The first-order valence-electron chi connectivity index (χ1n) is 5.67. The molecule has 19 heavy (non-hydrogen) atoms. The number of nitrogens with zero attached hydrogens (tertiary/aromatic N) is 1. The van der Waals surface area contributed by atoms with E-state index in [-0.39, 0.29) is 11.5 Å². The van der Waals surface area contributed by atoms with E-state index in [2.05, 4.69) is 9.71 Å². The van der Waals surface area contributed by atoms with Gasteiger partial charge < -0.3 is 5.11 Å². The van der Waals surface area contributed by atoms with Gasteiger partial charge >= 0.3 is 0 Å². The van der Waals surface area contributed by atoms with E-state index in [1.807, 2.05) is 0 Å². The van der Waals surface area contributed by atoms with Crippen LogP contribution in [0.3, 0.4) is 0 Å². The highest BCUT2D eigenvalue weighted by molar-refractivity contribution is 7.92. The first-order valence-corrected chi connectivity index (χ1v) is 7.15. The molecule has 1 aromatic heterocycles. The Morgan fingerprint density at radius 3 is 2.68 bits per heavy atom. The number of nitrogens with one attached hydrogen (secondary N) is 1. The molecule has 0 aliphatic carbocycles. The Balaban J connectivity index is 2.41. The lowest BCUT2D eigenvalue weighted by atomic mass is 10.2. The van der Waals surface area contributed by atoms with Crippen LogP contribution in [0.25, 0.3) is 0 Å². The van der Waals surface area contributed by atoms with Crippen molar-refractivity contribution in [3.8, 4) is 0 Å². The Bertz CT molecular complexity index is 684. The molecule has 0 aliphatic heterocycles. The molecule has 0 amide bonds. The highest BCUT2D eigenvalue weighted by Gasteiger charge is 2.18. The molecule has 2 rings (SSSR count). The van der Waals surface area contributed by atoms with Crippen molar-refractivity contribution in [1.29, 1.82) is 0 Å². The molecule has 0 unspecified atom stereocenters. The van der Waals surface area contributed by atoms with Gasteiger partial charge in [0.05, 0.1) is 23.4 Å². The summed E-state index contributed by atoms with van der Waals surface area (Å²) in [5.74, 6) is 0. The second kappa shape index (κ2) is 5.38. The maximum atomic E-state index is 12.3. The van der Waals surface area contributed by atoms with Crippen LogP contribution in [0.15, 0.2) is 47.6 Å². The lowest BCUT2D eigenvalue weighted by Crippen LogP contribution is -2.15. The highest BCUT2D eigenvalue weighted by atomic mass is 32.2. The van der Waals surface area contributed by atoms with Crippen LogP contribution in [0.5, 0.6) is 0 Å². The monoisotopic (exact) mass is 278 g/mol. The van der Waals surface area contributed by atoms with Gasteiger partial charge in [0.2, 0.25) is 0 Å². The Morgan fingerprint density at radius 2 is 2.00 bits per heavy atom. The molecule has 5 nitrogen and oxygen atoms in total. The molecule has 100 valence electrons. The summed E-state index contributed by atoms with van der Waals surface area (Å²) in [6.07, 6.45) is 3.04. The molecule has 0 bridgehead atoms. The molecule has 2 N–H and O–H groups in total. The van der Waals surface area contributed by atoms with Crippen molar-refractivity contribution in [3.05, 3.63) is 53.9 Å². The largest absolute Gasteiger partial charge is 0.392 e. The van der Waals surface area contributed by atoms with Crippen molar-refractivity contribution in [2.75, 3.05) is 4.72 Å². The number of aliphatic hydroxyl groups is 1. The van der Waals surface area contributed by atoms with Crippen molar-refractivity contribution < 1.29 is 13.5 Å². The van der Waals surface area contributed by atoms with E-state index in [0.29, 0.717) is 11.3 Å². The van der Waals surface area contributed by atoms with E-state index < -0.39 is 10.0 Å². The smallest absolute Gasteiger partial charge is 0.262 e. The molecule has 0 aliphatic rings. The van der Waals surface area contributed by atoms with Crippen LogP contribution >= 0.6 is 0 Å². The average Bonchev–Trinajstić information content (AvgIpc) is 2.41. The van der Waals surface area contributed by atoms with Gasteiger partial charge in [0, 0.05) is 6.20 Å². The zero-order chi connectivity index (χ0) is 13.9. The number of sulfonamides is 1. The summed E-state index contributed by atoms with van der Waals surface area (Å²) in [6, 6.07) is 8.05. The number of hydrogen-bond acceptors (Lipinski definition) is 4. The number of aliphatic hydroxyl groups excluding tert-OH is 1. The van der Waals surface area contributed by atoms with Gasteiger partial charge in [-0.1, -0.05) is 18.2 Å². The molecule has 0 saturated heterocycles. The molecule has 2 aromatic rings. The topological polar surface area (TPSA) is 79.3 Å². The van der Waals surface area contributed by atoms with E-state index in [1.54, 1.807) is 37.4 Å². The second-order valence-electron chi connectivity index (χ2n) is 4.06. The summed E-state index contributed by atoms with van der Waals surface area (Å²) in [5, 5.41) is 9.20. The number of anilines is 1. The van der Waals surface area contributed by atoms with Crippen LogP contribution in [0.2, 0.25) is 0 Å². The molecular formula is C13H14N2O3S. The number of aromatic nitrogens is 1. The van der Waals surface area contributed by atoms with Gasteiger partial charge in [0.15, 0.2) is 0 Å². The number of rotatable bonds is 4. The fraction of sp³-hybridized carbons (Fsp3) is 0.154. The third kappa shape index (κ3) is 2.91.